The number of nitrogens with two attached hydrogens (primary N) is 1. The standard InChI is InChI=1S/C12H13F3N2O5/c1-6(18)21-5-7(10(19)22-11(16)20)9-8(12(13,14)15)3-2-4-17-9/h2-4,7,10,19H,5H2,1H3,(H2,16,20)/t7-,10?/m0/s1. The lowest BCUT2D eigenvalue weighted by Gasteiger charge is -2.23. The number of ether oxygens (including phenoxy) is 2. The fourth-order valence-electron chi connectivity index (χ4n) is 1.66. The molecule has 1 aromatic heterocycles. The maximum atomic E-state index is 13.0. The van der Waals surface area contributed by atoms with Crippen LogP contribution in [0.25, 0.3) is 0 Å². The van der Waals surface area contributed by atoms with Crippen molar-refractivity contribution in [2.75, 3.05) is 6.61 Å². The van der Waals surface area contributed by atoms with E-state index in [0.717, 1.165) is 25.3 Å². The highest BCUT2D eigenvalue weighted by Crippen LogP contribution is 2.35. The average molecular weight is 322 g/mol. The van der Waals surface area contributed by atoms with Crippen molar-refractivity contribution in [1.29, 1.82) is 0 Å². The van der Waals surface area contributed by atoms with Crippen LogP contribution in [0.1, 0.15) is 24.1 Å². The molecule has 1 aromatic rings. The minimum absolute atomic E-state index is 0.634. The molecule has 0 aliphatic heterocycles. The van der Waals surface area contributed by atoms with Gasteiger partial charge in [0.1, 0.15) is 6.61 Å². The second kappa shape index (κ2) is 7.07. The van der Waals surface area contributed by atoms with Crippen LogP contribution in [0, 0.1) is 0 Å². The first-order valence-corrected chi connectivity index (χ1v) is 5.92. The summed E-state index contributed by atoms with van der Waals surface area (Å²) in [6.07, 6.45) is -7.16. The highest BCUT2D eigenvalue weighted by atomic mass is 19.4. The number of rotatable bonds is 5. The summed E-state index contributed by atoms with van der Waals surface area (Å²) in [4.78, 5) is 25.0. The summed E-state index contributed by atoms with van der Waals surface area (Å²) in [6, 6.07) is 1.79. The predicted molar refractivity (Wildman–Crippen MR) is 65.3 cm³/mol. The minimum Gasteiger partial charge on any atom is -0.465 e. The Balaban J connectivity index is 3.20. The van der Waals surface area contributed by atoms with E-state index < -0.39 is 48.3 Å². The molecule has 1 unspecified atom stereocenters. The van der Waals surface area contributed by atoms with E-state index in [1.54, 1.807) is 0 Å². The molecule has 1 rings (SSSR count). The molecule has 7 nitrogen and oxygen atoms in total. The number of halogens is 3. The fourth-order valence-corrected chi connectivity index (χ4v) is 1.66. The maximum absolute atomic E-state index is 13.0. The number of hydrogen-bond acceptors (Lipinski definition) is 6. The second-order valence-corrected chi connectivity index (χ2v) is 4.17. The molecule has 1 heterocycles. The number of aliphatic hydroxyl groups is 1. The van der Waals surface area contributed by atoms with Gasteiger partial charge in [0, 0.05) is 13.1 Å². The number of primary amides is 1. The highest BCUT2D eigenvalue weighted by Gasteiger charge is 2.39. The first-order valence-electron chi connectivity index (χ1n) is 5.92. The van der Waals surface area contributed by atoms with Gasteiger partial charge in [-0.15, -0.1) is 0 Å². The average Bonchev–Trinajstić information content (AvgIpc) is 2.37. The smallest absolute Gasteiger partial charge is 0.418 e. The number of alkyl halides is 3. The number of aromatic nitrogens is 1. The topological polar surface area (TPSA) is 112 Å². The van der Waals surface area contributed by atoms with E-state index >= 15 is 0 Å². The van der Waals surface area contributed by atoms with Crippen LogP contribution in [-0.2, 0) is 20.4 Å². The molecule has 0 radical (unpaired) electrons. The van der Waals surface area contributed by atoms with Crippen molar-refractivity contribution in [3.05, 3.63) is 29.6 Å². The number of nitrogens with zero attached hydrogens (tertiary/aromatic N) is 1. The lowest BCUT2D eigenvalue weighted by molar-refractivity contribution is -0.146. The molecule has 2 atom stereocenters. The SMILES string of the molecule is CC(=O)OC[C@@H](c1ncccc1C(F)(F)F)C(O)OC(N)=O. The Kier molecular flexibility index (Phi) is 5.69. The lowest BCUT2D eigenvalue weighted by atomic mass is 9.99. The normalized spacial score (nSPS) is 14.0. The molecule has 0 spiro atoms. The summed E-state index contributed by atoms with van der Waals surface area (Å²) < 4.78 is 47.8. The van der Waals surface area contributed by atoms with Crippen molar-refractivity contribution < 1.29 is 37.3 Å². The van der Waals surface area contributed by atoms with Gasteiger partial charge in [0.2, 0.25) is 6.29 Å². The van der Waals surface area contributed by atoms with Gasteiger partial charge in [-0.1, -0.05) is 0 Å². The molecular formula is C12H13F3N2O5. The Morgan fingerprint density at radius 1 is 1.45 bits per heavy atom. The fraction of sp³-hybridized carbons (Fsp3) is 0.417. The van der Waals surface area contributed by atoms with Gasteiger partial charge < -0.3 is 20.3 Å². The molecule has 0 fully saturated rings. The van der Waals surface area contributed by atoms with E-state index in [9.17, 15) is 27.9 Å². The maximum Gasteiger partial charge on any atom is 0.418 e. The third-order valence-electron chi connectivity index (χ3n) is 2.54. The van der Waals surface area contributed by atoms with Crippen molar-refractivity contribution in [3.63, 3.8) is 0 Å². The van der Waals surface area contributed by atoms with Crippen molar-refractivity contribution in [1.82, 2.24) is 4.98 Å². The van der Waals surface area contributed by atoms with Gasteiger partial charge >= 0.3 is 18.2 Å². The number of pyridine rings is 1. The molecule has 22 heavy (non-hydrogen) atoms. The van der Waals surface area contributed by atoms with Crippen LogP contribution >= 0.6 is 0 Å². The van der Waals surface area contributed by atoms with Crippen LogP contribution in [0.15, 0.2) is 18.3 Å². The number of aliphatic hydroxyl groups excluding tert-OH is 1. The minimum atomic E-state index is -4.76. The van der Waals surface area contributed by atoms with E-state index in [4.69, 9.17) is 5.73 Å². The van der Waals surface area contributed by atoms with E-state index in [-0.39, 0.29) is 0 Å². The number of amides is 1. The zero-order valence-corrected chi connectivity index (χ0v) is 11.3. The van der Waals surface area contributed by atoms with Gasteiger partial charge in [-0.2, -0.15) is 13.2 Å². The van der Waals surface area contributed by atoms with Gasteiger partial charge in [0.15, 0.2) is 0 Å². The monoisotopic (exact) mass is 322 g/mol. The molecular weight excluding hydrogens is 309 g/mol. The first kappa shape index (κ1) is 17.7. The van der Waals surface area contributed by atoms with E-state index in [1.807, 2.05) is 0 Å². The second-order valence-electron chi connectivity index (χ2n) is 4.17. The summed E-state index contributed by atoms with van der Waals surface area (Å²) in [6.45, 7) is 0.353. The van der Waals surface area contributed by atoms with Gasteiger partial charge in [-0.3, -0.25) is 9.78 Å². The molecule has 0 saturated carbocycles. The predicted octanol–water partition coefficient (Wildman–Crippen LogP) is 1.16. The summed E-state index contributed by atoms with van der Waals surface area (Å²) >= 11 is 0. The number of hydrogen-bond donors (Lipinski definition) is 2. The molecule has 0 aromatic carbocycles. The third-order valence-corrected chi connectivity index (χ3v) is 2.54. The van der Waals surface area contributed by atoms with Crippen LogP contribution in [-0.4, -0.2) is 35.0 Å². The van der Waals surface area contributed by atoms with Crippen molar-refractivity contribution in [2.24, 2.45) is 5.73 Å². The highest BCUT2D eigenvalue weighted by molar-refractivity contribution is 5.66. The van der Waals surface area contributed by atoms with Crippen LogP contribution in [0.2, 0.25) is 0 Å². The molecule has 0 aliphatic carbocycles. The van der Waals surface area contributed by atoms with E-state index in [0.29, 0.717) is 0 Å². The summed E-state index contributed by atoms with van der Waals surface area (Å²) in [7, 11) is 0. The first-order chi connectivity index (χ1) is 10.1. The quantitative estimate of drug-likeness (QED) is 0.621. The van der Waals surface area contributed by atoms with Crippen molar-refractivity contribution in [3.8, 4) is 0 Å². The lowest BCUT2D eigenvalue weighted by Crippen LogP contribution is -2.33. The molecule has 0 aliphatic rings. The molecule has 10 heteroatoms. The van der Waals surface area contributed by atoms with Crippen LogP contribution in [0.5, 0.6) is 0 Å². The molecule has 0 saturated heterocycles. The number of carbonyl (C=O) groups is 2. The Hall–Kier alpha value is -2.36. The zero-order chi connectivity index (χ0) is 16.9. The summed E-state index contributed by atoms with van der Waals surface area (Å²) in [5, 5.41) is 9.71. The zero-order valence-electron chi connectivity index (χ0n) is 11.3. The van der Waals surface area contributed by atoms with Crippen molar-refractivity contribution >= 4 is 12.1 Å². The summed E-state index contributed by atoms with van der Waals surface area (Å²) in [5.41, 5.74) is 2.93. The Morgan fingerprint density at radius 2 is 2.09 bits per heavy atom. The van der Waals surface area contributed by atoms with E-state index in [1.165, 1.54) is 0 Å². The third kappa shape index (κ3) is 4.88. The van der Waals surface area contributed by atoms with E-state index in [2.05, 4.69) is 14.5 Å². The van der Waals surface area contributed by atoms with Gasteiger partial charge in [0.25, 0.3) is 0 Å². The molecule has 1 amide bonds. The molecule has 0 bridgehead atoms. The van der Waals surface area contributed by atoms with Crippen LogP contribution in [0.4, 0.5) is 18.0 Å². The van der Waals surface area contributed by atoms with Gasteiger partial charge in [-0.25, -0.2) is 4.79 Å². The molecule has 3 N–H and O–H groups in total. The van der Waals surface area contributed by atoms with Gasteiger partial charge in [0.05, 0.1) is 17.2 Å². The molecule has 122 valence electrons. The van der Waals surface area contributed by atoms with Crippen LogP contribution < -0.4 is 5.73 Å². The van der Waals surface area contributed by atoms with Gasteiger partial charge in [-0.05, 0) is 12.1 Å². The van der Waals surface area contributed by atoms with Crippen LogP contribution in [0.3, 0.4) is 0 Å². The largest absolute Gasteiger partial charge is 0.465 e. The Labute approximate surface area is 122 Å². The van der Waals surface area contributed by atoms with Crippen molar-refractivity contribution in [2.45, 2.75) is 25.3 Å². The Morgan fingerprint density at radius 3 is 2.59 bits per heavy atom. The summed E-state index contributed by atoms with van der Waals surface area (Å²) in [5.74, 6) is -2.34. The number of carbonyl (C=O) groups excluding carboxylic acids is 2. The Bertz CT molecular complexity index is 550. The number of esters is 1.